The molecule has 1 heterocycles. The van der Waals surface area contributed by atoms with E-state index in [-0.39, 0.29) is 42.3 Å². The number of piperidine rings is 1. The monoisotopic (exact) mass is 364 g/mol. The Bertz CT molecular complexity index is 526. The molecule has 0 bridgehead atoms. The number of alkyl halides is 2. The molecule has 1 aliphatic rings. The van der Waals surface area contributed by atoms with Crippen LogP contribution in [-0.2, 0) is 11.3 Å². The first-order valence-corrected chi connectivity index (χ1v) is 7.79. The van der Waals surface area contributed by atoms with Crippen LogP contribution in [0.4, 0.5) is 8.78 Å². The molecule has 1 atom stereocenters. The van der Waals surface area contributed by atoms with Crippen molar-refractivity contribution >= 4 is 18.3 Å². The van der Waals surface area contributed by atoms with Gasteiger partial charge in [-0.05, 0) is 32.4 Å². The highest BCUT2D eigenvalue weighted by Gasteiger charge is 2.22. The average Bonchev–Trinajstić information content (AvgIpc) is 2.55. The number of hydrogen-bond donors (Lipinski definition) is 2. The molecular weight excluding hydrogens is 342 g/mol. The third-order valence-electron chi connectivity index (χ3n) is 3.69. The number of hydrogen-bond acceptors (Lipinski definition) is 4. The summed E-state index contributed by atoms with van der Waals surface area (Å²) >= 11 is 0. The van der Waals surface area contributed by atoms with Crippen LogP contribution in [0.5, 0.6) is 11.5 Å². The molecule has 1 amide bonds. The molecule has 2 rings (SSSR count). The van der Waals surface area contributed by atoms with Crippen LogP contribution in [-0.4, -0.2) is 32.2 Å². The molecule has 0 radical (unpaired) electrons. The lowest BCUT2D eigenvalue weighted by atomic mass is 9.99. The van der Waals surface area contributed by atoms with E-state index in [9.17, 15) is 13.6 Å². The number of nitrogens with one attached hydrogen (secondary N) is 2. The van der Waals surface area contributed by atoms with Crippen molar-refractivity contribution in [2.45, 2.75) is 32.9 Å². The van der Waals surface area contributed by atoms with Crippen LogP contribution in [0.2, 0.25) is 0 Å². The third-order valence-corrected chi connectivity index (χ3v) is 3.69. The van der Waals surface area contributed by atoms with Crippen molar-refractivity contribution in [3.05, 3.63) is 23.8 Å². The van der Waals surface area contributed by atoms with E-state index in [4.69, 9.17) is 4.74 Å². The summed E-state index contributed by atoms with van der Waals surface area (Å²) in [7, 11) is 0. The minimum Gasteiger partial charge on any atom is -0.490 e. The molecule has 1 unspecified atom stereocenters. The van der Waals surface area contributed by atoms with Gasteiger partial charge in [-0.1, -0.05) is 12.1 Å². The number of carbonyl (C=O) groups excluding carboxylic acids is 1. The Hall–Kier alpha value is -1.60. The van der Waals surface area contributed by atoms with Crippen LogP contribution >= 0.6 is 12.4 Å². The Morgan fingerprint density at radius 1 is 1.46 bits per heavy atom. The van der Waals surface area contributed by atoms with E-state index in [0.29, 0.717) is 18.7 Å². The first-order valence-electron chi connectivity index (χ1n) is 7.79. The van der Waals surface area contributed by atoms with Crippen LogP contribution in [0.15, 0.2) is 18.2 Å². The van der Waals surface area contributed by atoms with Gasteiger partial charge >= 0.3 is 6.61 Å². The molecule has 24 heavy (non-hydrogen) atoms. The van der Waals surface area contributed by atoms with E-state index in [1.807, 2.05) is 0 Å². The quantitative estimate of drug-likeness (QED) is 0.781. The Labute approximate surface area is 146 Å². The van der Waals surface area contributed by atoms with Gasteiger partial charge in [0.25, 0.3) is 0 Å². The lowest BCUT2D eigenvalue weighted by Gasteiger charge is -2.22. The van der Waals surface area contributed by atoms with Crippen molar-refractivity contribution in [2.24, 2.45) is 5.92 Å². The van der Waals surface area contributed by atoms with Gasteiger partial charge in [-0.15, -0.1) is 12.4 Å². The second kappa shape index (κ2) is 10.3. The lowest BCUT2D eigenvalue weighted by Crippen LogP contribution is -2.40. The minimum absolute atomic E-state index is 0. The zero-order valence-corrected chi connectivity index (χ0v) is 14.3. The molecule has 1 aliphatic heterocycles. The highest BCUT2D eigenvalue weighted by molar-refractivity contribution is 5.85. The SMILES string of the molecule is CCOc1cccc(CNC(=O)C2CCCNC2)c1OC(F)F.Cl. The first-order chi connectivity index (χ1) is 11.1. The first kappa shape index (κ1) is 20.4. The predicted octanol–water partition coefficient (Wildman–Crippen LogP) is 2.72. The van der Waals surface area contributed by atoms with Crippen LogP contribution in [0.3, 0.4) is 0 Å². The van der Waals surface area contributed by atoms with Crippen molar-refractivity contribution in [3.63, 3.8) is 0 Å². The summed E-state index contributed by atoms with van der Waals surface area (Å²) in [6.45, 7) is 0.837. The van der Waals surface area contributed by atoms with Gasteiger partial charge in [0.05, 0.1) is 12.5 Å². The van der Waals surface area contributed by atoms with Crippen molar-refractivity contribution in [1.82, 2.24) is 10.6 Å². The Balaban J connectivity index is 0.00000288. The summed E-state index contributed by atoms with van der Waals surface area (Å²) in [6, 6.07) is 4.89. The van der Waals surface area contributed by atoms with Crippen molar-refractivity contribution in [1.29, 1.82) is 0 Å². The highest BCUT2D eigenvalue weighted by Crippen LogP contribution is 2.32. The summed E-state index contributed by atoms with van der Waals surface area (Å²) in [5.74, 6) is 0.0607. The van der Waals surface area contributed by atoms with Gasteiger partial charge in [0.2, 0.25) is 5.91 Å². The molecular formula is C16H23ClF2N2O3. The molecule has 8 heteroatoms. The maximum Gasteiger partial charge on any atom is 0.387 e. The van der Waals surface area contributed by atoms with Crippen LogP contribution < -0.4 is 20.1 Å². The van der Waals surface area contributed by atoms with E-state index in [2.05, 4.69) is 15.4 Å². The summed E-state index contributed by atoms with van der Waals surface area (Å²) < 4.78 is 35.2. The topological polar surface area (TPSA) is 59.6 Å². The molecule has 0 saturated carbocycles. The zero-order chi connectivity index (χ0) is 16.7. The van der Waals surface area contributed by atoms with Crippen LogP contribution in [0, 0.1) is 5.92 Å². The fourth-order valence-corrected chi connectivity index (χ4v) is 2.59. The summed E-state index contributed by atoms with van der Waals surface area (Å²) in [4.78, 5) is 12.1. The molecule has 0 aromatic heterocycles. The maximum absolute atomic E-state index is 12.6. The largest absolute Gasteiger partial charge is 0.490 e. The normalized spacial score (nSPS) is 17.1. The molecule has 5 nitrogen and oxygen atoms in total. The van der Waals surface area contributed by atoms with Gasteiger partial charge < -0.3 is 20.1 Å². The number of ether oxygens (including phenoxy) is 2. The zero-order valence-electron chi connectivity index (χ0n) is 13.5. The van der Waals surface area contributed by atoms with Crippen LogP contribution in [0.1, 0.15) is 25.3 Å². The molecule has 136 valence electrons. The number of amides is 1. The summed E-state index contributed by atoms with van der Waals surface area (Å²) in [5.41, 5.74) is 0.466. The lowest BCUT2D eigenvalue weighted by molar-refractivity contribution is -0.125. The number of rotatable bonds is 7. The van der Waals surface area contributed by atoms with Gasteiger partial charge in [-0.3, -0.25) is 4.79 Å². The Morgan fingerprint density at radius 3 is 2.88 bits per heavy atom. The smallest absolute Gasteiger partial charge is 0.387 e. The Morgan fingerprint density at radius 2 is 2.25 bits per heavy atom. The van der Waals surface area contributed by atoms with E-state index >= 15 is 0 Å². The molecule has 1 fully saturated rings. The predicted molar refractivity (Wildman–Crippen MR) is 88.9 cm³/mol. The van der Waals surface area contributed by atoms with E-state index < -0.39 is 6.61 Å². The Kier molecular flexibility index (Phi) is 8.78. The van der Waals surface area contributed by atoms with Gasteiger partial charge in [-0.25, -0.2) is 0 Å². The van der Waals surface area contributed by atoms with Crippen molar-refractivity contribution in [3.8, 4) is 11.5 Å². The fourth-order valence-electron chi connectivity index (χ4n) is 2.59. The van der Waals surface area contributed by atoms with E-state index in [1.54, 1.807) is 25.1 Å². The van der Waals surface area contributed by atoms with Crippen molar-refractivity contribution in [2.75, 3.05) is 19.7 Å². The van der Waals surface area contributed by atoms with Crippen molar-refractivity contribution < 1.29 is 23.0 Å². The van der Waals surface area contributed by atoms with E-state index in [0.717, 1.165) is 19.4 Å². The van der Waals surface area contributed by atoms with Gasteiger partial charge in [0.1, 0.15) is 0 Å². The maximum atomic E-state index is 12.6. The molecule has 1 aromatic carbocycles. The van der Waals surface area contributed by atoms with Crippen LogP contribution in [0.25, 0.3) is 0 Å². The molecule has 0 spiro atoms. The van der Waals surface area contributed by atoms with Gasteiger partial charge in [0, 0.05) is 18.7 Å². The minimum atomic E-state index is -2.95. The number of benzene rings is 1. The number of para-hydroxylation sites is 1. The third kappa shape index (κ3) is 5.79. The summed E-state index contributed by atoms with van der Waals surface area (Å²) in [5, 5.41) is 5.96. The standard InChI is InChI=1S/C16H22F2N2O3.ClH/c1-2-22-13-7-3-5-11(14(13)23-16(17)18)10-20-15(21)12-6-4-8-19-9-12;/h3,5,7,12,16,19H,2,4,6,8-10H2,1H3,(H,20,21);1H. The second-order valence-electron chi connectivity index (χ2n) is 5.32. The number of carbonyl (C=O) groups is 1. The number of halogens is 3. The second-order valence-corrected chi connectivity index (χ2v) is 5.32. The molecule has 0 aliphatic carbocycles. The molecule has 1 aromatic rings. The molecule has 2 N–H and O–H groups in total. The van der Waals surface area contributed by atoms with Gasteiger partial charge in [-0.2, -0.15) is 8.78 Å². The fraction of sp³-hybridized carbons (Fsp3) is 0.562. The van der Waals surface area contributed by atoms with Gasteiger partial charge in [0.15, 0.2) is 11.5 Å². The highest BCUT2D eigenvalue weighted by atomic mass is 35.5. The average molecular weight is 365 g/mol. The van der Waals surface area contributed by atoms with E-state index in [1.165, 1.54) is 0 Å². The summed E-state index contributed by atoms with van der Waals surface area (Å²) in [6.07, 6.45) is 1.79. The molecule has 1 saturated heterocycles.